The van der Waals surface area contributed by atoms with Crippen molar-refractivity contribution in [2.75, 3.05) is 0 Å². The first-order valence-electron chi connectivity index (χ1n) is 0.667. The Morgan fingerprint density at radius 2 is 1.00 bits per heavy atom. The van der Waals surface area contributed by atoms with Crippen LogP contribution >= 0.6 is 0 Å². The quantitative estimate of drug-likeness (QED) is 0.264. The van der Waals surface area contributed by atoms with Crippen molar-refractivity contribution in [3.63, 3.8) is 0 Å². The fourth-order valence-corrected chi connectivity index (χ4v) is 0. The molecular weight excluding hydrogens is 329 g/mol. The van der Waals surface area contributed by atoms with Gasteiger partial charge in [-0.2, -0.15) is 0 Å². The standard InChI is InChI=1S/Hg.H2O4S.2H2O/c;1-5(2,3)4;;/h;(H2,1,2,3,4);2*1H2/q+2;;;/p-2. The van der Waals surface area contributed by atoms with Crippen LogP contribution in [-0.4, -0.2) is 28.5 Å². The van der Waals surface area contributed by atoms with Crippen molar-refractivity contribution >= 4 is 10.4 Å². The van der Waals surface area contributed by atoms with Gasteiger partial charge in [0.05, 0.1) is 0 Å². The van der Waals surface area contributed by atoms with Crippen LogP contribution in [-0.2, 0) is 38.1 Å². The summed E-state index contributed by atoms with van der Waals surface area (Å²) in [5.41, 5.74) is 0. The Balaban J connectivity index is -0.0000000267. The molecule has 8 heavy (non-hydrogen) atoms. The topological polar surface area (TPSA) is 143 Å². The largest absolute Gasteiger partial charge is 2.00 e. The molecule has 0 spiro atoms. The number of rotatable bonds is 0. The van der Waals surface area contributed by atoms with Crippen LogP contribution in [0.3, 0.4) is 0 Å². The van der Waals surface area contributed by atoms with Gasteiger partial charge in [0, 0.05) is 10.4 Å². The predicted octanol–water partition coefficient (Wildman–Crippen LogP) is -2.99. The Morgan fingerprint density at radius 3 is 1.00 bits per heavy atom. The molecule has 48 valence electrons. The van der Waals surface area contributed by atoms with Crippen LogP contribution in [0.2, 0.25) is 0 Å². The van der Waals surface area contributed by atoms with Gasteiger partial charge in [-0.3, -0.25) is 8.42 Å². The summed E-state index contributed by atoms with van der Waals surface area (Å²) in [5, 5.41) is 0. The molecule has 8 heteroatoms. The van der Waals surface area contributed by atoms with Crippen LogP contribution in [0.1, 0.15) is 0 Å². The minimum Gasteiger partial charge on any atom is -0.759 e. The molecule has 0 aliphatic rings. The molecule has 0 rings (SSSR count). The zero-order valence-corrected chi connectivity index (χ0v) is 10.1. The van der Waals surface area contributed by atoms with Crippen molar-refractivity contribution in [1.82, 2.24) is 0 Å². The van der Waals surface area contributed by atoms with E-state index in [4.69, 9.17) is 17.5 Å². The van der Waals surface area contributed by atoms with Gasteiger partial charge in [-0.05, 0) is 0 Å². The fraction of sp³-hybridized carbons (Fsp3) is 0. The van der Waals surface area contributed by atoms with Crippen LogP contribution in [0.4, 0.5) is 0 Å². The minimum atomic E-state index is -5.17. The molecule has 0 saturated heterocycles. The van der Waals surface area contributed by atoms with E-state index in [-0.39, 0.29) is 38.6 Å². The van der Waals surface area contributed by atoms with E-state index in [9.17, 15) is 0 Å². The zero-order chi connectivity index (χ0) is 4.50. The summed E-state index contributed by atoms with van der Waals surface area (Å²) >= 11 is 0. The molecule has 0 aliphatic heterocycles. The molecule has 0 amide bonds. The molecular formula is H4HgO6S. The minimum absolute atomic E-state index is 0. The van der Waals surface area contributed by atoms with E-state index < -0.39 is 10.4 Å². The molecule has 0 atom stereocenters. The normalized spacial score (nSPS) is 7.25. The van der Waals surface area contributed by atoms with E-state index in [1.54, 1.807) is 0 Å². The molecule has 0 aromatic carbocycles. The molecule has 4 N–H and O–H groups in total. The average molecular weight is 333 g/mol. The second-order valence-electron chi connectivity index (χ2n) is 0.408. The Hall–Kier alpha value is 0.725. The summed E-state index contributed by atoms with van der Waals surface area (Å²) < 4.78 is 34.1. The van der Waals surface area contributed by atoms with E-state index >= 15 is 0 Å². The molecule has 0 bridgehead atoms. The van der Waals surface area contributed by atoms with Gasteiger partial charge in [0.2, 0.25) is 0 Å². The van der Waals surface area contributed by atoms with Gasteiger partial charge in [-0.25, -0.2) is 0 Å². The van der Waals surface area contributed by atoms with Crippen LogP contribution < -0.4 is 0 Å². The van der Waals surface area contributed by atoms with E-state index in [1.165, 1.54) is 0 Å². The summed E-state index contributed by atoms with van der Waals surface area (Å²) in [6.07, 6.45) is 0. The third-order valence-corrected chi connectivity index (χ3v) is 0. The first kappa shape index (κ1) is 23.3. The van der Waals surface area contributed by atoms with Crippen molar-refractivity contribution < 1.29 is 56.1 Å². The van der Waals surface area contributed by atoms with E-state index in [0.717, 1.165) is 0 Å². The molecule has 0 fully saturated rings. The van der Waals surface area contributed by atoms with Crippen LogP contribution in [0.15, 0.2) is 0 Å². The summed E-state index contributed by atoms with van der Waals surface area (Å²) in [5.74, 6) is 0. The van der Waals surface area contributed by atoms with Gasteiger partial charge in [-0.1, -0.05) is 0 Å². The zero-order valence-electron chi connectivity index (χ0n) is 3.75. The molecule has 0 saturated carbocycles. The first-order valence-corrected chi connectivity index (χ1v) is 2.00. The first-order chi connectivity index (χ1) is 2.00. The summed E-state index contributed by atoms with van der Waals surface area (Å²) in [7, 11) is -5.17. The average Bonchev–Trinajstić information content (AvgIpc) is 0.722. The molecule has 0 aromatic heterocycles. The van der Waals surface area contributed by atoms with Crippen LogP contribution in [0.25, 0.3) is 0 Å². The monoisotopic (exact) mass is 334 g/mol. The summed E-state index contributed by atoms with van der Waals surface area (Å²) in [4.78, 5) is 0. The SMILES string of the molecule is O.O.O=S(=O)([O-])[O-].[Hg+2]. The van der Waals surface area contributed by atoms with Gasteiger partial charge in [0.15, 0.2) is 0 Å². The van der Waals surface area contributed by atoms with Crippen LogP contribution in [0, 0.1) is 0 Å². The van der Waals surface area contributed by atoms with Crippen molar-refractivity contribution in [2.24, 2.45) is 0 Å². The van der Waals surface area contributed by atoms with Crippen molar-refractivity contribution in [1.29, 1.82) is 0 Å². The van der Waals surface area contributed by atoms with E-state index in [0.29, 0.717) is 0 Å². The molecule has 0 heterocycles. The van der Waals surface area contributed by atoms with E-state index in [2.05, 4.69) is 0 Å². The van der Waals surface area contributed by atoms with Gasteiger partial charge in [0.25, 0.3) is 0 Å². The third-order valence-electron chi connectivity index (χ3n) is 0. The van der Waals surface area contributed by atoms with Crippen LogP contribution in [0.5, 0.6) is 0 Å². The predicted molar refractivity (Wildman–Crippen MR) is 17.7 cm³/mol. The molecule has 0 aliphatic carbocycles. The second-order valence-corrected chi connectivity index (χ2v) is 1.22. The fourth-order valence-electron chi connectivity index (χ4n) is 0. The van der Waals surface area contributed by atoms with Gasteiger partial charge in [-0.15, -0.1) is 0 Å². The third kappa shape index (κ3) is 419. The second kappa shape index (κ2) is 7.73. The maximum atomic E-state index is 8.52. The summed E-state index contributed by atoms with van der Waals surface area (Å²) in [6.45, 7) is 0. The van der Waals surface area contributed by atoms with Gasteiger partial charge >= 0.3 is 27.7 Å². The maximum absolute atomic E-state index is 8.52. The Labute approximate surface area is 66.6 Å². The Bertz CT molecular complexity index is 91.7. The molecule has 0 aromatic rings. The number of hydrogen-bond acceptors (Lipinski definition) is 4. The smallest absolute Gasteiger partial charge is 0.759 e. The Kier molecular flexibility index (Phi) is 22.5. The molecule has 6 nitrogen and oxygen atoms in total. The van der Waals surface area contributed by atoms with Crippen molar-refractivity contribution in [3.8, 4) is 0 Å². The molecule has 0 radical (unpaired) electrons. The Morgan fingerprint density at radius 1 is 1.00 bits per heavy atom. The summed E-state index contributed by atoms with van der Waals surface area (Å²) in [6, 6.07) is 0. The van der Waals surface area contributed by atoms with E-state index in [1.807, 2.05) is 0 Å². The van der Waals surface area contributed by atoms with Crippen molar-refractivity contribution in [2.45, 2.75) is 0 Å². The van der Waals surface area contributed by atoms with Gasteiger partial charge < -0.3 is 20.1 Å². The van der Waals surface area contributed by atoms with Crippen molar-refractivity contribution in [3.05, 3.63) is 0 Å². The maximum Gasteiger partial charge on any atom is 2.00 e. The number of hydrogen-bond donors (Lipinski definition) is 0. The molecule has 0 unspecified atom stereocenters. The van der Waals surface area contributed by atoms with Gasteiger partial charge in [0.1, 0.15) is 0 Å².